The number of nitrogens with two attached hydrogens (primary N) is 1. The number of carbonyl (C=O) groups excluding carboxylic acids is 4. The van der Waals surface area contributed by atoms with Crippen LogP contribution in [0.25, 0.3) is 0 Å². The normalized spacial score (nSPS) is 15.9. The lowest BCUT2D eigenvalue weighted by atomic mass is 10.0. The number of benzene rings is 2. The summed E-state index contributed by atoms with van der Waals surface area (Å²) >= 11 is 0. The average Bonchev–Trinajstić information content (AvgIpc) is 3.34. The van der Waals surface area contributed by atoms with Crippen molar-refractivity contribution < 1.29 is 56.2 Å². The zero-order valence-electron chi connectivity index (χ0n) is 27.6. The largest absolute Gasteiger partial charge is 0.382 e. The van der Waals surface area contributed by atoms with Crippen molar-refractivity contribution in [2.75, 3.05) is 89.8 Å². The van der Waals surface area contributed by atoms with Gasteiger partial charge in [0.25, 0.3) is 17.5 Å². The number of hydrogen-bond donors (Lipinski definition) is 4. The first kappa shape index (κ1) is 39.2. The van der Waals surface area contributed by atoms with Gasteiger partial charge in [0, 0.05) is 31.3 Å². The second-order valence-corrected chi connectivity index (χ2v) is 12.6. The molecular formula is C31H40N6O13S. The second kappa shape index (κ2) is 19.2. The van der Waals surface area contributed by atoms with Crippen LogP contribution in [0.3, 0.4) is 0 Å². The van der Waals surface area contributed by atoms with E-state index in [2.05, 4.69) is 16.0 Å². The third-order valence-corrected chi connectivity index (χ3v) is 8.49. The third-order valence-electron chi connectivity index (χ3n) is 7.57. The Balaban J connectivity index is 0.966. The minimum Gasteiger partial charge on any atom is -0.382 e. The van der Waals surface area contributed by atoms with E-state index in [1.807, 2.05) is 0 Å². The lowest BCUT2D eigenvalue weighted by Crippen LogP contribution is -2.54. The Hall–Kier alpha value is -4.57. The Bertz CT molecular complexity index is 1690. The number of amides is 4. The fourth-order valence-electron chi connectivity index (χ4n) is 5.15. The summed E-state index contributed by atoms with van der Waals surface area (Å²) in [6.45, 7) is 3.84. The van der Waals surface area contributed by atoms with Gasteiger partial charge in [-0.25, -0.2) is 13.6 Å². The number of piperidine rings is 1. The number of carbonyl (C=O) groups is 4. The van der Waals surface area contributed by atoms with Crippen LogP contribution in [0.5, 0.6) is 0 Å². The summed E-state index contributed by atoms with van der Waals surface area (Å²) in [5.41, 5.74) is 0.562. The van der Waals surface area contributed by atoms with Gasteiger partial charge in [-0.15, -0.1) is 0 Å². The monoisotopic (exact) mass is 736 g/mol. The Labute approximate surface area is 293 Å². The van der Waals surface area contributed by atoms with Gasteiger partial charge in [0.1, 0.15) is 11.7 Å². The number of nitro groups is 1. The highest BCUT2D eigenvalue weighted by Gasteiger charge is 2.45. The number of fused-ring (bicyclic) bond motifs is 1. The molecule has 4 amide bonds. The standard InChI is InChI=1S/C31H40N6O13S/c32-51(44,45)21-4-5-23(26(20-21)37(42)43)33-8-10-46-12-14-48-16-18-50-19-17-49-15-13-47-11-9-34-24-3-1-2-22-28(24)31(41)36(30(22)40)25-6-7-27(38)35-29(25)39/h1-5,20,25,33-34H,6-19H2,(H2,32,44,45)(H,35,38,39). The van der Waals surface area contributed by atoms with Gasteiger partial charge in [0.2, 0.25) is 21.8 Å². The Kier molecular flexibility index (Phi) is 14.7. The highest BCUT2D eigenvalue weighted by Crippen LogP contribution is 2.32. The van der Waals surface area contributed by atoms with E-state index in [0.29, 0.717) is 71.7 Å². The number of rotatable bonds is 23. The molecule has 0 spiro atoms. The minimum atomic E-state index is -4.06. The quantitative estimate of drug-likeness (QED) is 0.0516. The molecule has 2 aromatic carbocycles. The molecule has 51 heavy (non-hydrogen) atoms. The van der Waals surface area contributed by atoms with Gasteiger partial charge < -0.3 is 34.3 Å². The van der Waals surface area contributed by atoms with E-state index >= 15 is 0 Å². The van der Waals surface area contributed by atoms with Gasteiger partial charge in [0.05, 0.1) is 87.0 Å². The number of primary sulfonamides is 1. The molecule has 0 saturated carbocycles. The van der Waals surface area contributed by atoms with Crippen molar-refractivity contribution >= 4 is 50.7 Å². The summed E-state index contributed by atoms with van der Waals surface area (Å²) < 4.78 is 50.2. The molecule has 0 aromatic heterocycles. The Morgan fingerprint density at radius 2 is 1.35 bits per heavy atom. The van der Waals surface area contributed by atoms with Crippen molar-refractivity contribution in [3.8, 4) is 0 Å². The van der Waals surface area contributed by atoms with Crippen LogP contribution in [0.15, 0.2) is 41.3 Å². The van der Waals surface area contributed by atoms with Crippen LogP contribution in [0.2, 0.25) is 0 Å². The summed E-state index contributed by atoms with van der Waals surface area (Å²) in [7, 11) is -4.06. The molecule has 4 rings (SSSR count). The first-order chi connectivity index (χ1) is 24.5. The van der Waals surface area contributed by atoms with Gasteiger partial charge in [-0.1, -0.05) is 6.07 Å². The van der Waals surface area contributed by atoms with Gasteiger partial charge >= 0.3 is 0 Å². The zero-order chi connectivity index (χ0) is 36.8. The Morgan fingerprint density at radius 3 is 1.88 bits per heavy atom. The van der Waals surface area contributed by atoms with Crippen molar-refractivity contribution in [3.05, 3.63) is 57.6 Å². The molecule has 5 N–H and O–H groups in total. The molecule has 0 aliphatic carbocycles. The van der Waals surface area contributed by atoms with Gasteiger partial charge in [-0.05, 0) is 30.7 Å². The number of anilines is 2. The minimum absolute atomic E-state index is 0.0482. The van der Waals surface area contributed by atoms with E-state index in [1.165, 1.54) is 18.2 Å². The van der Waals surface area contributed by atoms with Crippen molar-refractivity contribution in [1.29, 1.82) is 0 Å². The molecule has 1 saturated heterocycles. The van der Waals surface area contributed by atoms with Crippen molar-refractivity contribution in [1.82, 2.24) is 10.2 Å². The van der Waals surface area contributed by atoms with Crippen LogP contribution in [0.4, 0.5) is 17.1 Å². The van der Waals surface area contributed by atoms with Crippen molar-refractivity contribution in [2.24, 2.45) is 5.14 Å². The summed E-state index contributed by atoms with van der Waals surface area (Å²) in [6.07, 6.45) is 0.133. The molecule has 0 radical (unpaired) electrons. The molecule has 2 aliphatic rings. The number of nitrogens with zero attached hydrogens (tertiary/aromatic N) is 2. The number of nitro benzene ring substituents is 1. The maximum absolute atomic E-state index is 13.1. The fourth-order valence-corrected chi connectivity index (χ4v) is 5.68. The molecule has 1 atom stereocenters. The first-order valence-corrected chi connectivity index (χ1v) is 17.6. The number of ether oxygens (including phenoxy) is 5. The van der Waals surface area contributed by atoms with Crippen molar-refractivity contribution in [2.45, 2.75) is 23.8 Å². The summed E-state index contributed by atoms with van der Waals surface area (Å²) in [4.78, 5) is 61.0. The molecule has 2 heterocycles. The first-order valence-electron chi connectivity index (χ1n) is 16.0. The molecule has 19 nitrogen and oxygen atoms in total. The molecule has 1 unspecified atom stereocenters. The number of nitrogens with one attached hydrogen (secondary N) is 3. The maximum atomic E-state index is 13.1. The van der Waals surface area contributed by atoms with Crippen LogP contribution in [0, 0.1) is 10.1 Å². The lowest BCUT2D eigenvalue weighted by Gasteiger charge is -2.27. The number of imide groups is 2. The van der Waals surface area contributed by atoms with E-state index in [-0.39, 0.29) is 47.7 Å². The van der Waals surface area contributed by atoms with Crippen LogP contribution in [-0.4, -0.2) is 127 Å². The summed E-state index contributed by atoms with van der Waals surface area (Å²) in [5, 5.41) is 24.4. The van der Waals surface area contributed by atoms with E-state index in [0.717, 1.165) is 11.0 Å². The SMILES string of the molecule is NS(=O)(=O)c1ccc(NCCOCCOCCOCCOCCOCCNc2cccc3c2C(=O)N(C2CCC(=O)NC2=O)C3=O)c([N+](=O)[O-])c1. The van der Waals surface area contributed by atoms with Gasteiger partial charge in [0.15, 0.2) is 0 Å². The van der Waals surface area contributed by atoms with Gasteiger partial charge in [-0.3, -0.25) is 39.5 Å². The van der Waals surface area contributed by atoms with Crippen LogP contribution >= 0.6 is 0 Å². The van der Waals surface area contributed by atoms with Crippen LogP contribution in [-0.2, 0) is 43.3 Å². The molecule has 2 aliphatic heterocycles. The van der Waals surface area contributed by atoms with E-state index in [9.17, 15) is 37.7 Å². The molecule has 1 fully saturated rings. The predicted octanol–water partition coefficient (Wildman–Crippen LogP) is 0.250. The summed E-state index contributed by atoms with van der Waals surface area (Å²) in [5.74, 6) is -2.25. The highest BCUT2D eigenvalue weighted by atomic mass is 32.2. The molecule has 20 heteroatoms. The molecule has 278 valence electrons. The van der Waals surface area contributed by atoms with Crippen LogP contribution in [0.1, 0.15) is 33.6 Å². The maximum Gasteiger partial charge on any atom is 0.293 e. The average molecular weight is 737 g/mol. The van der Waals surface area contributed by atoms with E-state index in [4.69, 9.17) is 28.8 Å². The fraction of sp³-hybridized carbons (Fsp3) is 0.484. The highest BCUT2D eigenvalue weighted by molar-refractivity contribution is 7.89. The second-order valence-electron chi connectivity index (χ2n) is 11.1. The van der Waals surface area contributed by atoms with E-state index < -0.39 is 50.3 Å². The van der Waals surface area contributed by atoms with Gasteiger partial charge in [-0.2, -0.15) is 0 Å². The van der Waals surface area contributed by atoms with Crippen LogP contribution < -0.4 is 21.1 Å². The Morgan fingerprint density at radius 1 is 0.804 bits per heavy atom. The lowest BCUT2D eigenvalue weighted by molar-refractivity contribution is -0.384. The number of sulfonamides is 1. The molecule has 0 bridgehead atoms. The predicted molar refractivity (Wildman–Crippen MR) is 179 cm³/mol. The smallest absolute Gasteiger partial charge is 0.293 e. The zero-order valence-corrected chi connectivity index (χ0v) is 28.4. The molecular weight excluding hydrogens is 696 g/mol. The van der Waals surface area contributed by atoms with Crippen molar-refractivity contribution in [3.63, 3.8) is 0 Å². The number of hydrogen-bond acceptors (Lipinski definition) is 15. The van der Waals surface area contributed by atoms with E-state index in [1.54, 1.807) is 12.1 Å². The topological polar surface area (TPSA) is 257 Å². The molecule has 2 aromatic rings. The summed E-state index contributed by atoms with van der Waals surface area (Å²) in [6, 6.07) is 7.17. The third kappa shape index (κ3) is 11.2.